The molecule has 104 valence electrons. The van der Waals surface area contributed by atoms with Crippen LogP contribution in [0.25, 0.3) is 0 Å². The van der Waals surface area contributed by atoms with Crippen LogP contribution in [0.15, 0.2) is 18.2 Å². The van der Waals surface area contributed by atoms with Crippen molar-refractivity contribution < 1.29 is 15.0 Å². The zero-order valence-electron chi connectivity index (χ0n) is 11.5. The van der Waals surface area contributed by atoms with Crippen molar-refractivity contribution in [2.75, 3.05) is 24.2 Å². The largest absolute Gasteiger partial charge is 0.478 e. The normalized spacial score (nSPS) is 8.28. The van der Waals surface area contributed by atoms with Gasteiger partial charge in [-0.2, -0.15) is 0 Å². The molecule has 0 bridgehead atoms. The smallest absolute Gasteiger partial charge is 0.335 e. The van der Waals surface area contributed by atoms with Gasteiger partial charge in [0.15, 0.2) is 0 Å². The van der Waals surface area contributed by atoms with E-state index >= 15 is 0 Å². The molecule has 0 atom stereocenters. The van der Waals surface area contributed by atoms with Crippen LogP contribution < -0.4 is 11.1 Å². The molecule has 0 radical (unpaired) electrons. The maximum atomic E-state index is 10.6. The van der Waals surface area contributed by atoms with E-state index in [1.165, 1.54) is 12.1 Å². The molecule has 1 aromatic carbocycles. The number of anilines is 2. The van der Waals surface area contributed by atoms with Crippen LogP contribution in [0.4, 0.5) is 11.4 Å². The summed E-state index contributed by atoms with van der Waals surface area (Å²) >= 11 is 0. The molecule has 0 spiro atoms. The fourth-order valence-electron chi connectivity index (χ4n) is 1.05. The van der Waals surface area contributed by atoms with Gasteiger partial charge in [-0.25, -0.2) is 4.79 Å². The molecule has 5 nitrogen and oxygen atoms in total. The van der Waals surface area contributed by atoms with E-state index in [0.717, 1.165) is 0 Å². The summed E-state index contributed by atoms with van der Waals surface area (Å²) < 4.78 is 0. The Morgan fingerprint density at radius 1 is 1.28 bits per heavy atom. The van der Waals surface area contributed by atoms with Gasteiger partial charge in [0.25, 0.3) is 0 Å². The van der Waals surface area contributed by atoms with Crippen LogP contribution in [0.2, 0.25) is 0 Å². The molecule has 0 unspecified atom stereocenters. The molecule has 0 amide bonds. The molecule has 0 aliphatic carbocycles. The van der Waals surface area contributed by atoms with Crippen molar-refractivity contribution in [3.63, 3.8) is 0 Å². The van der Waals surface area contributed by atoms with E-state index < -0.39 is 5.97 Å². The summed E-state index contributed by atoms with van der Waals surface area (Å²) in [6.45, 7) is 8.39. The third kappa shape index (κ3) is 6.75. The second kappa shape index (κ2) is 11.7. The standard InChI is InChI=1S/C9H12N2O3.2C2H6/c10-7-5-6(9(13)14)1-2-8(7)11-3-4-12;2*1-2/h1-2,5,11-12H,3-4,10H2,(H,13,14);2*1-2H3. The summed E-state index contributed by atoms with van der Waals surface area (Å²) in [6, 6.07) is 4.41. The highest BCUT2D eigenvalue weighted by molar-refractivity contribution is 5.90. The van der Waals surface area contributed by atoms with Crippen molar-refractivity contribution >= 4 is 17.3 Å². The first-order chi connectivity index (χ1) is 8.65. The van der Waals surface area contributed by atoms with E-state index in [9.17, 15) is 4.79 Å². The molecule has 1 aromatic rings. The number of aromatic carboxylic acids is 1. The summed E-state index contributed by atoms with van der Waals surface area (Å²) in [5, 5.41) is 20.1. The number of aliphatic hydroxyl groups excluding tert-OH is 1. The molecule has 18 heavy (non-hydrogen) atoms. The van der Waals surface area contributed by atoms with Gasteiger partial charge in [0.05, 0.1) is 23.5 Å². The number of carbonyl (C=O) groups is 1. The molecule has 5 heteroatoms. The fraction of sp³-hybridized carbons (Fsp3) is 0.462. The Hall–Kier alpha value is -1.75. The van der Waals surface area contributed by atoms with Gasteiger partial charge < -0.3 is 21.3 Å². The molecule has 0 aliphatic rings. The number of rotatable bonds is 4. The minimum atomic E-state index is -1.01. The maximum absolute atomic E-state index is 10.6. The summed E-state index contributed by atoms with van der Waals surface area (Å²) in [5.74, 6) is -1.01. The quantitative estimate of drug-likeness (QED) is 0.620. The van der Waals surface area contributed by atoms with Gasteiger partial charge in [-0.3, -0.25) is 0 Å². The Kier molecular flexibility index (Phi) is 12.1. The zero-order chi connectivity index (χ0) is 14.6. The molecule has 0 aliphatic heterocycles. The summed E-state index contributed by atoms with van der Waals surface area (Å²) in [5.41, 5.74) is 6.73. The molecule has 1 rings (SSSR count). The van der Waals surface area contributed by atoms with Crippen LogP contribution >= 0.6 is 0 Å². The van der Waals surface area contributed by atoms with Gasteiger partial charge in [0, 0.05) is 6.54 Å². The topological polar surface area (TPSA) is 95.6 Å². The molecule has 0 saturated heterocycles. The van der Waals surface area contributed by atoms with Gasteiger partial charge >= 0.3 is 5.97 Å². The predicted octanol–water partition coefficient (Wildman–Crippen LogP) is 2.42. The first kappa shape index (κ1) is 18.6. The Balaban J connectivity index is 0. The second-order valence-corrected chi connectivity index (χ2v) is 2.76. The average Bonchev–Trinajstić information content (AvgIpc) is 2.41. The number of carboxylic acids is 1. The van der Waals surface area contributed by atoms with Crippen molar-refractivity contribution in [1.29, 1.82) is 0 Å². The van der Waals surface area contributed by atoms with Crippen molar-refractivity contribution in [3.05, 3.63) is 23.8 Å². The van der Waals surface area contributed by atoms with E-state index in [0.29, 0.717) is 17.9 Å². The lowest BCUT2D eigenvalue weighted by Crippen LogP contribution is -2.08. The molecular formula is C13H24N2O3. The monoisotopic (exact) mass is 256 g/mol. The number of nitrogens with one attached hydrogen (secondary N) is 1. The van der Waals surface area contributed by atoms with E-state index in [2.05, 4.69) is 5.32 Å². The number of nitrogen functional groups attached to an aromatic ring is 1. The van der Waals surface area contributed by atoms with Crippen LogP contribution in [-0.4, -0.2) is 29.3 Å². The zero-order valence-corrected chi connectivity index (χ0v) is 11.5. The number of aliphatic hydroxyl groups is 1. The minimum absolute atomic E-state index is 0.000121. The Bertz CT molecular complexity index is 341. The number of nitrogens with two attached hydrogens (primary N) is 1. The van der Waals surface area contributed by atoms with Crippen molar-refractivity contribution in [2.45, 2.75) is 27.7 Å². The average molecular weight is 256 g/mol. The third-order valence-corrected chi connectivity index (χ3v) is 1.73. The highest BCUT2D eigenvalue weighted by Gasteiger charge is 2.05. The Morgan fingerprint density at radius 2 is 1.83 bits per heavy atom. The number of carboxylic acid groups (broad SMARTS) is 1. The van der Waals surface area contributed by atoms with E-state index in [1.54, 1.807) is 6.07 Å². The number of hydrogen-bond acceptors (Lipinski definition) is 4. The Labute approximate surface area is 109 Å². The molecule has 0 fully saturated rings. The van der Waals surface area contributed by atoms with Gasteiger partial charge in [0.1, 0.15) is 0 Å². The van der Waals surface area contributed by atoms with Gasteiger partial charge in [0.2, 0.25) is 0 Å². The number of benzene rings is 1. The van der Waals surface area contributed by atoms with Gasteiger partial charge in [-0.15, -0.1) is 0 Å². The van der Waals surface area contributed by atoms with Crippen molar-refractivity contribution in [2.24, 2.45) is 0 Å². The summed E-state index contributed by atoms with van der Waals surface area (Å²) in [6.07, 6.45) is 0. The number of hydrogen-bond donors (Lipinski definition) is 4. The highest BCUT2D eigenvalue weighted by atomic mass is 16.4. The predicted molar refractivity (Wildman–Crippen MR) is 76.1 cm³/mol. The van der Waals surface area contributed by atoms with Crippen LogP contribution in [-0.2, 0) is 0 Å². The van der Waals surface area contributed by atoms with Crippen LogP contribution in [0.5, 0.6) is 0 Å². The first-order valence-electron chi connectivity index (χ1n) is 6.12. The maximum Gasteiger partial charge on any atom is 0.335 e. The van der Waals surface area contributed by atoms with E-state index in [4.69, 9.17) is 15.9 Å². The van der Waals surface area contributed by atoms with E-state index in [1.807, 2.05) is 27.7 Å². The lowest BCUT2D eigenvalue weighted by atomic mass is 10.2. The Morgan fingerprint density at radius 3 is 2.22 bits per heavy atom. The van der Waals surface area contributed by atoms with Crippen molar-refractivity contribution in [3.8, 4) is 0 Å². The third-order valence-electron chi connectivity index (χ3n) is 1.73. The van der Waals surface area contributed by atoms with Crippen molar-refractivity contribution in [1.82, 2.24) is 0 Å². The fourth-order valence-corrected chi connectivity index (χ4v) is 1.05. The van der Waals surface area contributed by atoms with Crippen LogP contribution in [0, 0.1) is 0 Å². The SMILES string of the molecule is CC.CC.Nc1cc(C(=O)O)ccc1NCCO. The summed E-state index contributed by atoms with van der Waals surface area (Å²) in [7, 11) is 0. The molecule has 0 saturated carbocycles. The van der Waals surface area contributed by atoms with Crippen LogP contribution in [0.3, 0.4) is 0 Å². The van der Waals surface area contributed by atoms with E-state index in [-0.39, 0.29) is 12.2 Å². The minimum Gasteiger partial charge on any atom is -0.478 e. The summed E-state index contributed by atoms with van der Waals surface area (Å²) in [4.78, 5) is 10.6. The highest BCUT2D eigenvalue weighted by Crippen LogP contribution is 2.19. The second-order valence-electron chi connectivity index (χ2n) is 2.76. The van der Waals surface area contributed by atoms with Crippen LogP contribution in [0.1, 0.15) is 38.1 Å². The molecule has 0 aromatic heterocycles. The lowest BCUT2D eigenvalue weighted by molar-refractivity contribution is 0.0697. The lowest BCUT2D eigenvalue weighted by Gasteiger charge is -2.08. The first-order valence-corrected chi connectivity index (χ1v) is 6.12. The molecule has 5 N–H and O–H groups in total. The molecule has 0 heterocycles. The van der Waals surface area contributed by atoms with Gasteiger partial charge in [-0.05, 0) is 18.2 Å². The molecular weight excluding hydrogens is 232 g/mol. The van der Waals surface area contributed by atoms with Gasteiger partial charge in [-0.1, -0.05) is 27.7 Å².